The number of hydrogen-bond donors (Lipinski definition) is 0. The van der Waals surface area contributed by atoms with Gasteiger partial charge in [0, 0.05) is 25.0 Å². The highest BCUT2D eigenvalue weighted by Crippen LogP contribution is 2.40. The lowest BCUT2D eigenvalue weighted by Gasteiger charge is -2.44. The first-order chi connectivity index (χ1) is 13.5. The number of likely N-dealkylation sites (tertiary alicyclic amines) is 1. The van der Waals surface area contributed by atoms with Gasteiger partial charge in [0.2, 0.25) is 0 Å². The highest BCUT2D eigenvalue weighted by atomic mass is 16.2. The van der Waals surface area contributed by atoms with Gasteiger partial charge >= 0.3 is 0 Å². The van der Waals surface area contributed by atoms with Gasteiger partial charge in [-0.1, -0.05) is 17.7 Å². The van der Waals surface area contributed by atoms with Crippen LogP contribution in [0.5, 0.6) is 0 Å². The van der Waals surface area contributed by atoms with Crippen molar-refractivity contribution in [3.8, 4) is 6.07 Å². The first-order valence-corrected chi connectivity index (χ1v) is 9.62. The third-order valence-corrected chi connectivity index (χ3v) is 5.82. The molecule has 0 bridgehead atoms. The molecule has 0 radical (unpaired) electrons. The Morgan fingerprint density at radius 2 is 1.82 bits per heavy atom. The number of anilines is 1. The Morgan fingerprint density at radius 1 is 1.11 bits per heavy atom. The van der Waals surface area contributed by atoms with Gasteiger partial charge < -0.3 is 9.80 Å². The van der Waals surface area contributed by atoms with Gasteiger partial charge in [-0.25, -0.2) is 4.98 Å². The van der Waals surface area contributed by atoms with Gasteiger partial charge in [0.1, 0.15) is 17.3 Å². The summed E-state index contributed by atoms with van der Waals surface area (Å²) in [4.78, 5) is 34.3. The van der Waals surface area contributed by atoms with Crippen LogP contribution in [0.25, 0.3) is 0 Å². The summed E-state index contributed by atoms with van der Waals surface area (Å²) >= 11 is 0. The summed E-state index contributed by atoms with van der Waals surface area (Å²) in [5.74, 6) is -0.177. The van der Waals surface area contributed by atoms with Crippen LogP contribution in [-0.4, -0.2) is 40.3 Å². The Balaban J connectivity index is 1.64. The molecule has 0 N–H and O–H groups in total. The highest BCUT2D eigenvalue weighted by molar-refractivity contribution is 6.05. The maximum absolute atomic E-state index is 13.6. The number of piperidine rings is 1. The number of aryl methyl sites for hydroxylation is 1. The Kier molecular flexibility index (Phi) is 4.60. The second-order valence-electron chi connectivity index (χ2n) is 7.53. The number of rotatable bonds is 2. The second-order valence-corrected chi connectivity index (χ2v) is 7.53. The lowest BCUT2D eigenvalue weighted by molar-refractivity contribution is -0.130. The summed E-state index contributed by atoms with van der Waals surface area (Å²) in [5, 5.41) is 8.91. The van der Waals surface area contributed by atoms with Crippen LogP contribution in [0.2, 0.25) is 0 Å². The SMILES string of the molecule is Cc1ccc(N2CCCC3(CCCN3C(=O)c3ccc(C#N)nc3)C2=O)cc1. The number of benzene rings is 1. The van der Waals surface area contributed by atoms with Crippen LogP contribution in [0.3, 0.4) is 0 Å². The van der Waals surface area contributed by atoms with Crippen molar-refractivity contribution in [2.24, 2.45) is 0 Å². The van der Waals surface area contributed by atoms with Gasteiger partial charge in [-0.05, 0) is 56.9 Å². The summed E-state index contributed by atoms with van der Waals surface area (Å²) in [7, 11) is 0. The fraction of sp³-hybridized carbons (Fsp3) is 0.364. The molecule has 2 saturated heterocycles. The van der Waals surface area contributed by atoms with E-state index in [1.165, 1.54) is 12.3 Å². The average molecular weight is 374 g/mol. The molecule has 2 amide bonds. The number of amides is 2. The minimum Gasteiger partial charge on any atom is -0.324 e. The Hall–Kier alpha value is -3.20. The average Bonchev–Trinajstić information content (AvgIpc) is 3.15. The first-order valence-electron chi connectivity index (χ1n) is 9.62. The van der Waals surface area contributed by atoms with E-state index in [1.807, 2.05) is 42.2 Å². The molecule has 3 heterocycles. The number of carbonyl (C=O) groups excluding carboxylic acids is 2. The van der Waals surface area contributed by atoms with Crippen LogP contribution in [0.15, 0.2) is 42.6 Å². The number of aromatic nitrogens is 1. The maximum Gasteiger partial charge on any atom is 0.256 e. The van der Waals surface area contributed by atoms with E-state index in [0.29, 0.717) is 31.5 Å². The topological polar surface area (TPSA) is 77.3 Å². The van der Waals surface area contributed by atoms with E-state index in [1.54, 1.807) is 11.0 Å². The van der Waals surface area contributed by atoms with Crippen molar-refractivity contribution in [2.75, 3.05) is 18.0 Å². The van der Waals surface area contributed by atoms with Crippen LogP contribution >= 0.6 is 0 Å². The zero-order valence-corrected chi connectivity index (χ0v) is 15.9. The molecule has 28 heavy (non-hydrogen) atoms. The number of pyridine rings is 1. The molecule has 6 nitrogen and oxygen atoms in total. The van der Waals surface area contributed by atoms with Crippen molar-refractivity contribution in [3.05, 3.63) is 59.4 Å². The predicted molar refractivity (Wildman–Crippen MR) is 105 cm³/mol. The molecular weight excluding hydrogens is 352 g/mol. The van der Waals surface area contributed by atoms with E-state index in [9.17, 15) is 9.59 Å². The Morgan fingerprint density at radius 3 is 2.46 bits per heavy atom. The minimum absolute atomic E-state index is 0.00931. The summed E-state index contributed by atoms with van der Waals surface area (Å²) < 4.78 is 0. The second kappa shape index (κ2) is 7.08. The van der Waals surface area contributed by atoms with Gasteiger partial charge in [0.05, 0.1) is 5.56 Å². The quantitative estimate of drug-likeness (QED) is 0.809. The van der Waals surface area contributed by atoms with Crippen molar-refractivity contribution in [2.45, 2.75) is 38.1 Å². The molecule has 0 aliphatic carbocycles. The molecule has 2 aliphatic rings. The molecular formula is C22H22N4O2. The molecule has 2 aromatic rings. The molecule has 6 heteroatoms. The van der Waals surface area contributed by atoms with Crippen molar-refractivity contribution in [1.82, 2.24) is 9.88 Å². The van der Waals surface area contributed by atoms with Gasteiger partial charge in [-0.2, -0.15) is 5.26 Å². The fourth-order valence-electron chi connectivity index (χ4n) is 4.36. The third-order valence-electron chi connectivity index (χ3n) is 5.82. The van der Waals surface area contributed by atoms with Crippen molar-refractivity contribution in [1.29, 1.82) is 5.26 Å². The van der Waals surface area contributed by atoms with E-state index in [0.717, 1.165) is 24.1 Å². The van der Waals surface area contributed by atoms with Crippen LogP contribution < -0.4 is 4.90 Å². The van der Waals surface area contributed by atoms with Crippen LogP contribution in [0, 0.1) is 18.3 Å². The maximum atomic E-state index is 13.6. The number of carbonyl (C=O) groups is 2. The summed E-state index contributed by atoms with van der Waals surface area (Å²) in [6, 6.07) is 13.1. The third kappa shape index (κ3) is 2.93. The first kappa shape index (κ1) is 18.2. The molecule has 1 unspecified atom stereocenters. The van der Waals surface area contributed by atoms with Crippen molar-refractivity contribution < 1.29 is 9.59 Å². The van der Waals surface area contributed by atoms with E-state index >= 15 is 0 Å². The zero-order valence-electron chi connectivity index (χ0n) is 15.9. The van der Waals surface area contributed by atoms with E-state index in [4.69, 9.17) is 5.26 Å². The van der Waals surface area contributed by atoms with E-state index in [2.05, 4.69) is 4.98 Å². The van der Waals surface area contributed by atoms with Crippen molar-refractivity contribution >= 4 is 17.5 Å². The molecule has 0 saturated carbocycles. The molecule has 4 rings (SSSR count). The molecule has 1 atom stereocenters. The van der Waals surface area contributed by atoms with Gasteiger partial charge in [0.25, 0.3) is 11.8 Å². The Bertz CT molecular complexity index is 946. The molecule has 1 aromatic carbocycles. The van der Waals surface area contributed by atoms with Crippen molar-refractivity contribution in [3.63, 3.8) is 0 Å². The number of hydrogen-bond acceptors (Lipinski definition) is 4. The molecule has 2 aliphatic heterocycles. The monoisotopic (exact) mass is 374 g/mol. The van der Waals surface area contributed by atoms with Gasteiger partial charge in [-0.15, -0.1) is 0 Å². The van der Waals surface area contributed by atoms with E-state index in [-0.39, 0.29) is 17.5 Å². The van der Waals surface area contributed by atoms with Crippen LogP contribution in [0.4, 0.5) is 5.69 Å². The van der Waals surface area contributed by atoms with Gasteiger partial charge in [-0.3, -0.25) is 9.59 Å². The summed E-state index contributed by atoms with van der Waals surface area (Å²) in [6.45, 7) is 3.25. The lowest BCUT2D eigenvalue weighted by atomic mass is 9.84. The van der Waals surface area contributed by atoms with Crippen LogP contribution in [0.1, 0.15) is 47.3 Å². The minimum atomic E-state index is -0.784. The molecule has 2 fully saturated rings. The summed E-state index contributed by atoms with van der Waals surface area (Å²) in [6.07, 6.45) is 4.46. The highest BCUT2D eigenvalue weighted by Gasteiger charge is 2.53. The lowest BCUT2D eigenvalue weighted by Crippen LogP contribution is -2.61. The number of nitrogens with zero attached hydrogens (tertiary/aromatic N) is 4. The largest absolute Gasteiger partial charge is 0.324 e. The molecule has 142 valence electrons. The Labute approximate surface area is 164 Å². The molecule has 1 spiro atoms. The van der Waals surface area contributed by atoms with E-state index < -0.39 is 5.54 Å². The zero-order chi connectivity index (χ0) is 19.7. The normalized spacial score (nSPS) is 21.8. The van der Waals surface area contributed by atoms with Gasteiger partial charge in [0.15, 0.2) is 0 Å². The molecule has 1 aromatic heterocycles. The predicted octanol–water partition coefficient (Wildman–Crippen LogP) is 3.06. The standard InChI is InChI=1S/C22H22N4O2/c1-16-4-8-19(9-5-16)25-12-2-10-22(21(25)28)11-3-13-26(22)20(27)17-6-7-18(14-23)24-15-17/h4-9,15H,2-3,10-13H2,1H3. The smallest absolute Gasteiger partial charge is 0.256 e. The summed E-state index contributed by atoms with van der Waals surface area (Å²) in [5.41, 5.74) is 1.93. The number of nitriles is 1. The van der Waals surface area contributed by atoms with Crippen LogP contribution in [-0.2, 0) is 4.79 Å². The fourth-order valence-corrected chi connectivity index (χ4v) is 4.36.